The maximum atomic E-state index is 13.4. The number of methoxy groups -OCH3 is 1. The molecule has 3 amide bonds. The second kappa shape index (κ2) is 11.9. The molecule has 0 radical (unpaired) electrons. The van der Waals surface area contributed by atoms with Crippen LogP contribution in [-0.4, -0.2) is 60.8 Å². The summed E-state index contributed by atoms with van der Waals surface area (Å²) in [5, 5.41) is 15.0. The Kier molecular flexibility index (Phi) is 8.28. The molecule has 12 heteroatoms. The van der Waals surface area contributed by atoms with Gasteiger partial charge >= 0.3 is 0 Å². The fraction of sp³-hybridized carbons (Fsp3) is 0.333. The summed E-state index contributed by atoms with van der Waals surface area (Å²) in [6.45, 7) is 2.02. The summed E-state index contributed by atoms with van der Waals surface area (Å²) < 4.78 is 24.2. The standard InChI is InChI=1S/C30H32FN5O5S/c1-17(24-11-19(15-42-24)27(32)33)35-29(39)23-12-30(16-40-2)13-25(30)36(23)26(37)14-34-28(38)18-3-7-21(8-4-18)41-22-9-5-20(31)6-10-22/h3-11,15,17,23,25H,12-14,16H2,1-2H3,(H3,32,33)(H,34,38)(H,35,39)/t17?,23-,25-,30+/m0/s1. The zero-order valence-corrected chi connectivity index (χ0v) is 24.0. The number of nitrogen functional groups attached to an aromatic ring is 1. The molecule has 1 saturated carbocycles. The van der Waals surface area contributed by atoms with E-state index in [4.69, 9.17) is 20.6 Å². The Morgan fingerprint density at radius 2 is 1.79 bits per heavy atom. The Bertz CT molecular complexity index is 1490. The Labute approximate surface area is 246 Å². The first-order chi connectivity index (χ1) is 20.1. The van der Waals surface area contributed by atoms with Gasteiger partial charge in [0.1, 0.15) is 29.2 Å². The topological polar surface area (TPSA) is 147 Å². The van der Waals surface area contributed by atoms with Crippen LogP contribution < -0.4 is 21.1 Å². The van der Waals surface area contributed by atoms with E-state index in [1.165, 1.54) is 35.6 Å². The third kappa shape index (κ3) is 6.14. The smallest absolute Gasteiger partial charge is 0.251 e. The van der Waals surface area contributed by atoms with Gasteiger partial charge in [0.15, 0.2) is 0 Å². The molecule has 42 heavy (non-hydrogen) atoms. The number of likely N-dealkylation sites (tertiary alicyclic amines) is 1. The van der Waals surface area contributed by atoms with E-state index in [0.717, 1.165) is 11.3 Å². The lowest BCUT2D eigenvalue weighted by molar-refractivity contribution is -0.139. The summed E-state index contributed by atoms with van der Waals surface area (Å²) in [7, 11) is 1.60. The van der Waals surface area contributed by atoms with Crippen LogP contribution in [0.5, 0.6) is 11.5 Å². The molecule has 2 fully saturated rings. The highest BCUT2D eigenvalue weighted by Gasteiger charge is 2.67. The molecule has 2 heterocycles. The molecule has 1 aliphatic carbocycles. The second-order valence-corrected chi connectivity index (χ2v) is 11.6. The average Bonchev–Trinajstić information content (AvgIpc) is 3.30. The van der Waals surface area contributed by atoms with Crippen LogP contribution in [0.2, 0.25) is 0 Å². The van der Waals surface area contributed by atoms with E-state index in [2.05, 4.69) is 10.6 Å². The first kappa shape index (κ1) is 29.2. The molecular weight excluding hydrogens is 561 g/mol. The van der Waals surface area contributed by atoms with Crippen LogP contribution in [0.1, 0.15) is 46.6 Å². The van der Waals surface area contributed by atoms with Crippen LogP contribution in [0.25, 0.3) is 0 Å². The summed E-state index contributed by atoms with van der Waals surface area (Å²) in [5.74, 6) is -0.545. The summed E-state index contributed by atoms with van der Waals surface area (Å²) in [4.78, 5) is 42.1. The zero-order chi connectivity index (χ0) is 30.0. The van der Waals surface area contributed by atoms with Crippen molar-refractivity contribution in [2.45, 2.75) is 37.9 Å². The number of carbonyl (C=O) groups is 3. The van der Waals surface area contributed by atoms with Crippen molar-refractivity contribution in [3.8, 4) is 11.5 Å². The summed E-state index contributed by atoms with van der Waals surface area (Å²) in [6.07, 6.45) is 1.21. The number of ether oxygens (including phenoxy) is 2. The van der Waals surface area contributed by atoms with Gasteiger partial charge in [0.05, 0.1) is 19.2 Å². The van der Waals surface area contributed by atoms with Crippen LogP contribution in [-0.2, 0) is 14.3 Å². The van der Waals surface area contributed by atoms with Crippen molar-refractivity contribution in [2.24, 2.45) is 11.1 Å². The predicted octanol–water partition coefficient (Wildman–Crippen LogP) is 3.58. The molecule has 1 unspecified atom stereocenters. The number of hydrogen-bond acceptors (Lipinski definition) is 7. The second-order valence-electron chi connectivity index (χ2n) is 10.7. The molecule has 1 saturated heterocycles. The largest absolute Gasteiger partial charge is 0.457 e. The molecule has 0 bridgehead atoms. The predicted molar refractivity (Wildman–Crippen MR) is 155 cm³/mol. The Hall–Kier alpha value is -4.29. The molecule has 2 aromatic carbocycles. The number of fused-ring (bicyclic) bond motifs is 1. The van der Waals surface area contributed by atoms with Gasteiger partial charge in [0, 0.05) is 40.0 Å². The van der Waals surface area contributed by atoms with E-state index in [9.17, 15) is 18.8 Å². The first-order valence-corrected chi connectivity index (χ1v) is 14.3. The molecule has 3 aromatic rings. The van der Waals surface area contributed by atoms with Gasteiger partial charge in [-0.15, -0.1) is 11.3 Å². The van der Waals surface area contributed by atoms with Crippen molar-refractivity contribution in [1.82, 2.24) is 15.5 Å². The lowest BCUT2D eigenvalue weighted by Gasteiger charge is -2.28. The number of nitrogens with one attached hydrogen (secondary N) is 3. The van der Waals surface area contributed by atoms with Crippen molar-refractivity contribution in [3.63, 3.8) is 0 Å². The monoisotopic (exact) mass is 593 g/mol. The third-order valence-electron chi connectivity index (χ3n) is 7.72. The lowest BCUT2D eigenvalue weighted by Crippen LogP contribution is -2.51. The SMILES string of the molecule is COC[C@@]12C[C@@H]1N(C(=O)CNC(=O)c1ccc(Oc3ccc(F)cc3)cc1)[C@H](C(=O)NC(C)c1cc(C(=N)N)cs1)C2. The number of hydrogen-bond donors (Lipinski definition) is 4. The minimum atomic E-state index is -0.694. The van der Waals surface area contributed by atoms with Crippen molar-refractivity contribution in [1.29, 1.82) is 5.41 Å². The minimum absolute atomic E-state index is 0.0403. The highest BCUT2D eigenvalue weighted by molar-refractivity contribution is 7.10. The zero-order valence-electron chi connectivity index (χ0n) is 23.2. The van der Waals surface area contributed by atoms with Gasteiger partial charge < -0.3 is 30.7 Å². The number of amidine groups is 1. The normalized spacial score (nSPS) is 21.3. The maximum Gasteiger partial charge on any atom is 0.251 e. The van der Waals surface area contributed by atoms with Crippen molar-refractivity contribution < 1.29 is 28.2 Å². The summed E-state index contributed by atoms with van der Waals surface area (Å²) >= 11 is 1.40. The quantitative estimate of drug-likeness (QED) is 0.197. The number of nitrogens with zero attached hydrogens (tertiary/aromatic N) is 1. The van der Waals surface area contributed by atoms with Gasteiger partial charge in [-0.25, -0.2) is 4.39 Å². The fourth-order valence-electron chi connectivity index (χ4n) is 5.47. The van der Waals surface area contributed by atoms with E-state index in [-0.39, 0.29) is 47.5 Å². The Morgan fingerprint density at radius 3 is 2.40 bits per heavy atom. The van der Waals surface area contributed by atoms with Gasteiger partial charge in [-0.3, -0.25) is 19.8 Å². The molecule has 5 rings (SSSR count). The molecule has 10 nitrogen and oxygen atoms in total. The summed E-state index contributed by atoms with van der Waals surface area (Å²) in [6, 6.07) is 12.5. The number of benzene rings is 2. The lowest BCUT2D eigenvalue weighted by atomic mass is 10.00. The van der Waals surface area contributed by atoms with Crippen LogP contribution in [0, 0.1) is 16.6 Å². The van der Waals surface area contributed by atoms with Crippen molar-refractivity contribution in [3.05, 3.63) is 81.8 Å². The molecule has 1 aliphatic heterocycles. The molecule has 1 aromatic heterocycles. The van der Waals surface area contributed by atoms with Crippen molar-refractivity contribution in [2.75, 3.05) is 20.3 Å². The van der Waals surface area contributed by atoms with Gasteiger partial charge in [-0.05, 0) is 74.4 Å². The van der Waals surface area contributed by atoms with Crippen LogP contribution in [0.15, 0.2) is 60.0 Å². The number of thiophene rings is 1. The molecule has 4 atom stereocenters. The van der Waals surface area contributed by atoms with Gasteiger partial charge in [-0.1, -0.05) is 0 Å². The highest BCUT2D eigenvalue weighted by atomic mass is 32.1. The first-order valence-electron chi connectivity index (χ1n) is 13.5. The van der Waals surface area contributed by atoms with E-state index >= 15 is 0 Å². The Balaban J connectivity index is 1.20. The van der Waals surface area contributed by atoms with E-state index < -0.39 is 11.9 Å². The van der Waals surface area contributed by atoms with E-state index in [1.54, 1.807) is 47.7 Å². The van der Waals surface area contributed by atoms with Crippen LogP contribution in [0.3, 0.4) is 0 Å². The van der Waals surface area contributed by atoms with Crippen molar-refractivity contribution >= 4 is 34.9 Å². The van der Waals surface area contributed by atoms with Crippen LogP contribution >= 0.6 is 11.3 Å². The molecule has 5 N–H and O–H groups in total. The molecule has 2 aliphatic rings. The molecule has 0 spiro atoms. The van der Waals surface area contributed by atoms with E-state index in [0.29, 0.717) is 35.7 Å². The number of piperidine rings is 1. The molecular formula is C30H32FN5O5S. The third-order valence-corrected chi connectivity index (χ3v) is 8.84. The van der Waals surface area contributed by atoms with Crippen LogP contribution in [0.4, 0.5) is 4.39 Å². The van der Waals surface area contributed by atoms with Gasteiger partial charge in [0.25, 0.3) is 5.91 Å². The Morgan fingerprint density at radius 1 is 1.12 bits per heavy atom. The summed E-state index contributed by atoms with van der Waals surface area (Å²) in [5.41, 5.74) is 6.23. The number of halogens is 1. The van der Waals surface area contributed by atoms with E-state index in [1.807, 2.05) is 6.92 Å². The maximum absolute atomic E-state index is 13.4. The van der Waals surface area contributed by atoms with Gasteiger partial charge in [0.2, 0.25) is 11.8 Å². The number of nitrogens with two attached hydrogens (primary N) is 1. The average molecular weight is 594 g/mol. The number of amides is 3. The highest BCUT2D eigenvalue weighted by Crippen LogP contribution is 2.59. The fourth-order valence-corrected chi connectivity index (χ4v) is 6.39. The number of rotatable bonds is 11. The number of carbonyl (C=O) groups excluding carboxylic acids is 3. The minimum Gasteiger partial charge on any atom is -0.457 e. The van der Waals surface area contributed by atoms with Gasteiger partial charge in [-0.2, -0.15) is 0 Å². The molecule has 220 valence electrons.